The second-order valence-electron chi connectivity index (χ2n) is 7.00. The van der Waals surface area contributed by atoms with Gasteiger partial charge in [0.05, 0.1) is 27.6 Å². The predicted molar refractivity (Wildman–Crippen MR) is 112 cm³/mol. The van der Waals surface area contributed by atoms with Crippen molar-refractivity contribution in [3.05, 3.63) is 46.7 Å². The molecule has 7 heteroatoms. The van der Waals surface area contributed by atoms with Crippen LogP contribution in [0, 0.1) is 5.82 Å². The number of aromatic nitrogens is 2. The van der Waals surface area contributed by atoms with Crippen LogP contribution < -0.4 is 10.6 Å². The molecule has 0 aliphatic carbocycles. The Morgan fingerprint density at radius 2 is 2.19 bits per heavy atom. The van der Waals surface area contributed by atoms with Gasteiger partial charge >= 0.3 is 0 Å². The number of rotatable bonds is 3. The summed E-state index contributed by atoms with van der Waals surface area (Å²) in [6.07, 6.45) is 3.64. The Morgan fingerprint density at radius 1 is 1.26 bits per heavy atom. The fourth-order valence-corrected chi connectivity index (χ4v) is 5.71. The van der Waals surface area contributed by atoms with Gasteiger partial charge in [-0.25, -0.2) is 14.4 Å². The van der Waals surface area contributed by atoms with Crippen LogP contribution in [-0.4, -0.2) is 22.6 Å². The number of hydrogen-bond acceptors (Lipinski definition) is 6. The quantitative estimate of drug-likeness (QED) is 0.469. The summed E-state index contributed by atoms with van der Waals surface area (Å²) in [7, 11) is 0. The van der Waals surface area contributed by atoms with Crippen LogP contribution in [0.2, 0.25) is 0 Å². The van der Waals surface area contributed by atoms with Gasteiger partial charge in [0.25, 0.3) is 0 Å². The minimum Gasteiger partial charge on any atom is -0.352 e. The Morgan fingerprint density at radius 3 is 3.07 bits per heavy atom. The van der Waals surface area contributed by atoms with E-state index < -0.39 is 0 Å². The number of pyridine rings is 1. The van der Waals surface area contributed by atoms with E-state index in [-0.39, 0.29) is 5.82 Å². The summed E-state index contributed by atoms with van der Waals surface area (Å²) in [4.78, 5) is 10.8. The number of hydrogen-bond donors (Lipinski definition) is 2. The van der Waals surface area contributed by atoms with Crippen molar-refractivity contribution in [3.63, 3.8) is 0 Å². The topological polar surface area (TPSA) is 49.8 Å². The number of thiophene rings is 1. The highest BCUT2D eigenvalue weighted by atomic mass is 32.1. The molecule has 0 bridgehead atoms. The van der Waals surface area contributed by atoms with Crippen molar-refractivity contribution < 1.29 is 4.39 Å². The molecular weight excluding hydrogens is 379 g/mol. The molecule has 138 valence electrons. The molecular formula is C20H19FN4S2. The molecule has 4 aromatic rings. The third-order valence-corrected chi connectivity index (χ3v) is 7.25. The molecule has 1 saturated heterocycles. The zero-order valence-corrected chi connectivity index (χ0v) is 16.5. The normalized spacial score (nSPS) is 20.4. The smallest absolute Gasteiger partial charge is 0.165 e. The highest BCUT2D eigenvalue weighted by Crippen LogP contribution is 2.39. The van der Waals surface area contributed by atoms with Gasteiger partial charge < -0.3 is 10.6 Å². The third-order valence-electron chi connectivity index (χ3n) is 5.26. The maximum absolute atomic E-state index is 14.6. The summed E-state index contributed by atoms with van der Waals surface area (Å²) in [5.74, 6) is 0.125. The summed E-state index contributed by atoms with van der Waals surface area (Å²) < 4.78 is 15.8. The largest absolute Gasteiger partial charge is 0.352 e. The van der Waals surface area contributed by atoms with Gasteiger partial charge in [0, 0.05) is 27.9 Å². The summed E-state index contributed by atoms with van der Waals surface area (Å²) in [5, 5.41) is 7.66. The molecule has 1 fully saturated rings. The van der Waals surface area contributed by atoms with Crippen LogP contribution in [0.5, 0.6) is 0 Å². The number of nitrogens with one attached hydrogen (secondary N) is 2. The Labute approximate surface area is 164 Å². The lowest BCUT2D eigenvalue weighted by Crippen LogP contribution is -2.37. The molecule has 0 saturated carbocycles. The van der Waals surface area contributed by atoms with Gasteiger partial charge in [-0.15, -0.1) is 22.7 Å². The zero-order chi connectivity index (χ0) is 18.4. The maximum Gasteiger partial charge on any atom is 0.165 e. The van der Waals surface area contributed by atoms with Gasteiger partial charge in [-0.05, 0) is 50.6 Å². The van der Waals surface area contributed by atoms with Crippen LogP contribution >= 0.6 is 22.7 Å². The molecule has 0 amide bonds. The molecule has 27 heavy (non-hydrogen) atoms. The summed E-state index contributed by atoms with van der Waals surface area (Å²) >= 11 is 3.28. The number of halogens is 1. The van der Waals surface area contributed by atoms with E-state index in [2.05, 4.69) is 33.6 Å². The molecule has 0 radical (unpaired) electrons. The van der Waals surface area contributed by atoms with Crippen molar-refractivity contribution in [3.8, 4) is 0 Å². The van der Waals surface area contributed by atoms with E-state index in [0.717, 1.165) is 39.1 Å². The van der Waals surface area contributed by atoms with Gasteiger partial charge in [0.2, 0.25) is 0 Å². The van der Waals surface area contributed by atoms with Gasteiger partial charge in [-0.1, -0.05) is 0 Å². The molecule has 1 aliphatic rings. The monoisotopic (exact) mass is 398 g/mol. The van der Waals surface area contributed by atoms with Gasteiger partial charge in [-0.2, -0.15) is 0 Å². The minimum atomic E-state index is -0.333. The van der Waals surface area contributed by atoms with Gasteiger partial charge in [0.15, 0.2) is 5.82 Å². The van der Waals surface area contributed by atoms with Crippen LogP contribution in [0.3, 0.4) is 0 Å². The Kier molecular flexibility index (Phi) is 4.30. The number of benzene rings is 1. The summed E-state index contributed by atoms with van der Waals surface area (Å²) in [6.45, 7) is 3.30. The first-order valence-corrected chi connectivity index (χ1v) is 10.8. The second-order valence-corrected chi connectivity index (χ2v) is 8.95. The average molecular weight is 399 g/mol. The molecule has 1 aromatic carbocycles. The van der Waals surface area contributed by atoms with Gasteiger partial charge in [0.1, 0.15) is 4.83 Å². The van der Waals surface area contributed by atoms with Crippen LogP contribution in [0.15, 0.2) is 36.0 Å². The SMILES string of the molecule is C[C@H]1NCCC[C@H]1c1cc2c(Nc3ccc4scnc4c3)c(F)cnc2s1. The van der Waals surface area contributed by atoms with E-state index in [0.29, 0.717) is 17.6 Å². The van der Waals surface area contributed by atoms with Crippen LogP contribution in [0.1, 0.15) is 30.6 Å². The van der Waals surface area contributed by atoms with E-state index in [1.54, 1.807) is 22.7 Å². The molecule has 3 aromatic heterocycles. The number of piperidine rings is 1. The summed E-state index contributed by atoms with van der Waals surface area (Å²) in [5.41, 5.74) is 4.07. The van der Waals surface area contributed by atoms with E-state index in [1.807, 2.05) is 23.7 Å². The van der Waals surface area contributed by atoms with Crippen molar-refractivity contribution in [1.82, 2.24) is 15.3 Å². The number of thiazole rings is 1. The van der Waals surface area contributed by atoms with E-state index in [9.17, 15) is 4.39 Å². The molecule has 4 nitrogen and oxygen atoms in total. The summed E-state index contributed by atoms with van der Waals surface area (Å²) in [6, 6.07) is 8.48. The fraction of sp³-hybridized carbons (Fsp3) is 0.300. The van der Waals surface area contributed by atoms with Crippen molar-refractivity contribution in [2.45, 2.75) is 31.7 Å². The van der Waals surface area contributed by atoms with Crippen LogP contribution in [-0.2, 0) is 0 Å². The highest BCUT2D eigenvalue weighted by Gasteiger charge is 2.25. The fourth-order valence-electron chi connectivity index (χ4n) is 3.81. The standard InChI is InChI=1S/C20H19FN4S2/c1-11-13(3-2-6-22-11)18-8-14-19(15(21)9-23-20(14)27-18)25-12-4-5-17-16(7-12)24-10-26-17/h4-5,7-11,13,22H,2-3,6H2,1H3,(H,23,25)/t11-,13-/m1/s1. The second kappa shape index (κ2) is 6.82. The molecule has 2 N–H and O–H groups in total. The van der Waals surface area contributed by atoms with Crippen LogP contribution in [0.4, 0.5) is 15.8 Å². The number of fused-ring (bicyclic) bond motifs is 2. The van der Waals surface area contributed by atoms with Crippen molar-refractivity contribution >= 4 is 54.5 Å². The van der Waals surface area contributed by atoms with E-state index >= 15 is 0 Å². The number of nitrogens with zero attached hydrogens (tertiary/aromatic N) is 2. The molecule has 5 rings (SSSR count). The van der Waals surface area contributed by atoms with Crippen molar-refractivity contribution in [2.24, 2.45) is 0 Å². The molecule has 1 aliphatic heterocycles. The van der Waals surface area contributed by atoms with E-state index in [4.69, 9.17) is 0 Å². The maximum atomic E-state index is 14.6. The molecule has 4 heterocycles. The first-order chi connectivity index (χ1) is 13.2. The molecule has 2 atom stereocenters. The Bertz CT molecular complexity index is 1120. The minimum absolute atomic E-state index is 0.333. The average Bonchev–Trinajstić information content (AvgIpc) is 3.31. The molecule has 0 spiro atoms. The lowest BCUT2D eigenvalue weighted by Gasteiger charge is -2.29. The lowest BCUT2D eigenvalue weighted by molar-refractivity contribution is 0.375. The van der Waals surface area contributed by atoms with Crippen molar-refractivity contribution in [1.29, 1.82) is 0 Å². The van der Waals surface area contributed by atoms with Crippen LogP contribution in [0.25, 0.3) is 20.4 Å². The first kappa shape index (κ1) is 17.0. The molecule has 0 unspecified atom stereocenters. The Hall–Kier alpha value is -2.09. The number of anilines is 2. The van der Waals surface area contributed by atoms with Gasteiger partial charge in [-0.3, -0.25) is 0 Å². The lowest BCUT2D eigenvalue weighted by atomic mass is 9.90. The van der Waals surface area contributed by atoms with E-state index in [1.165, 1.54) is 17.5 Å². The Balaban J connectivity index is 1.55. The third kappa shape index (κ3) is 3.09. The zero-order valence-electron chi connectivity index (χ0n) is 14.8. The predicted octanol–water partition coefficient (Wildman–Crippen LogP) is 5.64. The van der Waals surface area contributed by atoms with Crippen molar-refractivity contribution in [2.75, 3.05) is 11.9 Å². The first-order valence-electron chi connectivity index (χ1n) is 9.10. The highest BCUT2D eigenvalue weighted by molar-refractivity contribution is 7.18.